The van der Waals surface area contributed by atoms with Gasteiger partial charge in [-0.1, -0.05) is 11.8 Å². The highest BCUT2D eigenvalue weighted by Gasteiger charge is 2.05. The maximum absolute atomic E-state index is 5.57. The topological polar surface area (TPSA) is 64.7 Å². The summed E-state index contributed by atoms with van der Waals surface area (Å²) in [5, 5.41) is 4.62. The summed E-state index contributed by atoms with van der Waals surface area (Å²) in [7, 11) is 0. The quantitative estimate of drug-likeness (QED) is 0.789. The number of hydrogen-bond donors (Lipinski definition) is 1. The molecule has 0 unspecified atom stereocenters. The van der Waals surface area contributed by atoms with E-state index in [1.54, 1.807) is 11.3 Å². The lowest BCUT2D eigenvalue weighted by atomic mass is 10.3. The minimum absolute atomic E-state index is 0.269. The summed E-state index contributed by atoms with van der Waals surface area (Å²) in [5.41, 5.74) is 6.55. The first-order valence-electron chi connectivity index (χ1n) is 3.87. The van der Waals surface area contributed by atoms with E-state index in [2.05, 4.69) is 15.0 Å². The van der Waals surface area contributed by atoms with E-state index in [1.165, 1.54) is 11.8 Å². The van der Waals surface area contributed by atoms with Crippen LogP contribution in [0.2, 0.25) is 0 Å². The molecule has 0 radical (unpaired) electrons. The molecule has 2 N–H and O–H groups in total. The van der Waals surface area contributed by atoms with Gasteiger partial charge in [-0.2, -0.15) is 21.3 Å². The van der Waals surface area contributed by atoms with Gasteiger partial charge in [0, 0.05) is 10.9 Å². The Hall–Kier alpha value is -1.14. The van der Waals surface area contributed by atoms with Crippen LogP contribution in [-0.2, 0) is 0 Å². The van der Waals surface area contributed by atoms with E-state index >= 15 is 0 Å². The van der Waals surface area contributed by atoms with Crippen molar-refractivity contribution in [3.05, 3.63) is 16.8 Å². The number of nitrogens with two attached hydrogens (primary N) is 1. The fourth-order valence-corrected chi connectivity index (χ4v) is 1.98. The van der Waals surface area contributed by atoms with Crippen molar-refractivity contribution in [2.24, 2.45) is 0 Å². The number of thiophene rings is 1. The lowest BCUT2D eigenvalue weighted by Gasteiger charge is -2.00. The van der Waals surface area contributed by atoms with Gasteiger partial charge in [-0.3, -0.25) is 0 Å². The van der Waals surface area contributed by atoms with Crippen LogP contribution in [0.4, 0.5) is 5.95 Å². The Kier molecular flexibility index (Phi) is 2.64. The van der Waals surface area contributed by atoms with Gasteiger partial charge in [-0.25, -0.2) is 4.98 Å². The second-order valence-electron chi connectivity index (χ2n) is 2.52. The molecular weight excluding hydrogens is 216 g/mol. The van der Waals surface area contributed by atoms with Crippen LogP contribution >= 0.6 is 23.1 Å². The summed E-state index contributed by atoms with van der Waals surface area (Å²) >= 11 is 3.06. The number of nitrogen functional groups attached to an aromatic ring is 1. The van der Waals surface area contributed by atoms with Crippen molar-refractivity contribution in [3.63, 3.8) is 0 Å². The molecule has 0 aliphatic rings. The Morgan fingerprint density at radius 2 is 2.21 bits per heavy atom. The maximum Gasteiger partial charge on any atom is 0.224 e. The number of hydrogen-bond acceptors (Lipinski definition) is 6. The summed E-state index contributed by atoms with van der Waals surface area (Å²) in [6.45, 7) is 0. The van der Waals surface area contributed by atoms with E-state index in [4.69, 9.17) is 5.73 Å². The molecule has 14 heavy (non-hydrogen) atoms. The van der Waals surface area contributed by atoms with Crippen LogP contribution in [0.3, 0.4) is 0 Å². The van der Waals surface area contributed by atoms with E-state index in [0.29, 0.717) is 11.0 Å². The van der Waals surface area contributed by atoms with E-state index in [9.17, 15) is 0 Å². The summed E-state index contributed by atoms with van der Waals surface area (Å²) in [6.07, 6.45) is 1.91. The van der Waals surface area contributed by atoms with Crippen LogP contribution in [0.25, 0.3) is 11.4 Å². The number of aromatic nitrogens is 3. The highest BCUT2D eigenvalue weighted by Crippen LogP contribution is 2.20. The van der Waals surface area contributed by atoms with Gasteiger partial charge in [0.15, 0.2) is 11.0 Å². The zero-order chi connectivity index (χ0) is 9.97. The third-order valence-electron chi connectivity index (χ3n) is 1.59. The molecule has 0 aliphatic carbocycles. The first-order chi connectivity index (χ1) is 6.79. The molecule has 0 fully saturated rings. The lowest BCUT2D eigenvalue weighted by molar-refractivity contribution is 0.928. The molecule has 0 aliphatic heterocycles. The van der Waals surface area contributed by atoms with Crippen molar-refractivity contribution in [2.45, 2.75) is 5.16 Å². The van der Waals surface area contributed by atoms with Crippen LogP contribution < -0.4 is 5.73 Å². The van der Waals surface area contributed by atoms with Gasteiger partial charge in [0.1, 0.15) is 0 Å². The molecule has 0 atom stereocenters. The second kappa shape index (κ2) is 3.93. The van der Waals surface area contributed by atoms with Crippen molar-refractivity contribution in [1.29, 1.82) is 0 Å². The summed E-state index contributed by atoms with van der Waals surface area (Å²) < 4.78 is 0. The predicted molar refractivity (Wildman–Crippen MR) is 59.3 cm³/mol. The molecule has 2 aromatic rings. The van der Waals surface area contributed by atoms with Crippen LogP contribution in [-0.4, -0.2) is 21.2 Å². The SMILES string of the molecule is CSc1nc(N)nc(-c2ccsc2)n1. The highest BCUT2D eigenvalue weighted by molar-refractivity contribution is 7.98. The van der Waals surface area contributed by atoms with Crippen molar-refractivity contribution in [2.75, 3.05) is 12.0 Å². The van der Waals surface area contributed by atoms with Crippen LogP contribution in [0.15, 0.2) is 22.0 Å². The standard InChI is InChI=1S/C8H8N4S2/c1-13-8-11-6(10-7(9)12-8)5-2-3-14-4-5/h2-4H,1H3,(H2,9,10,11,12). The van der Waals surface area contributed by atoms with Crippen LogP contribution in [0.1, 0.15) is 0 Å². The second-order valence-corrected chi connectivity index (χ2v) is 4.07. The molecule has 0 saturated heterocycles. The molecular formula is C8H8N4S2. The minimum Gasteiger partial charge on any atom is -0.368 e. The van der Waals surface area contributed by atoms with Gasteiger partial charge in [0.25, 0.3) is 0 Å². The van der Waals surface area contributed by atoms with Gasteiger partial charge in [0.2, 0.25) is 5.95 Å². The highest BCUT2D eigenvalue weighted by atomic mass is 32.2. The zero-order valence-corrected chi connectivity index (χ0v) is 9.10. The zero-order valence-electron chi connectivity index (χ0n) is 7.47. The summed E-state index contributed by atoms with van der Waals surface area (Å²) in [4.78, 5) is 12.3. The van der Waals surface area contributed by atoms with E-state index in [1.807, 2.05) is 23.1 Å². The number of rotatable bonds is 2. The molecule has 0 aromatic carbocycles. The molecule has 4 nitrogen and oxygen atoms in total. The lowest BCUT2D eigenvalue weighted by Crippen LogP contribution is -2.00. The molecule has 0 bridgehead atoms. The molecule has 2 rings (SSSR count). The fraction of sp³-hybridized carbons (Fsp3) is 0.125. The van der Waals surface area contributed by atoms with Crippen LogP contribution in [0, 0.1) is 0 Å². The van der Waals surface area contributed by atoms with Gasteiger partial charge in [-0.15, -0.1) is 0 Å². The van der Waals surface area contributed by atoms with E-state index in [-0.39, 0.29) is 5.95 Å². The molecule has 6 heteroatoms. The first kappa shape index (κ1) is 9.42. The van der Waals surface area contributed by atoms with Crippen molar-refractivity contribution < 1.29 is 0 Å². The average molecular weight is 224 g/mol. The Morgan fingerprint density at radius 1 is 1.36 bits per heavy atom. The Balaban J connectivity index is 2.48. The molecule has 2 aromatic heterocycles. The van der Waals surface area contributed by atoms with Crippen LogP contribution in [0.5, 0.6) is 0 Å². The predicted octanol–water partition coefficient (Wildman–Crippen LogP) is 1.90. The van der Waals surface area contributed by atoms with Crippen molar-refractivity contribution >= 4 is 29.0 Å². The Labute approximate surface area is 89.6 Å². The number of thioether (sulfide) groups is 1. The van der Waals surface area contributed by atoms with Gasteiger partial charge < -0.3 is 5.73 Å². The van der Waals surface area contributed by atoms with Gasteiger partial charge in [-0.05, 0) is 17.7 Å². The van der Waals surface area contributed by atoms with Gasteiger partial charge in [0.05, 0.1) is 0 Å². The fourth-order valence-electron chi connectivity index (χ4n) is 0.984. The van der Waals surface area contributed by atoms with E-state index in [0.717, 1.165) is 5.56 Å². The molecule has 0 amide bonds. The van der Waals surface area contributed by atoms with Gasteiger partial charge >= 0.3 is 0 Å². The number of anilines is 1. The third kappa shape index (κ3) is 1.85. The molecule has 0 spiro atoms. The minimum atomic E-state index is 0.269. The van der Waals surface area contributed by atoms with E-state index < -0.39 is 0 Å². The third-order valence-corrected chi connectivity index (χ3v) is 2.83. The molecule has 2 heterocycles. The molecule has 0 saturated carbocycles. The summed E-state index contributed by atoms with van der Waals surface area (Å²) in [5.74, 6) is 0.911. The largest absolute Gasteiger partial charge is 0.368 e. The average Bonchev–Trinajstić information content (AvgIpc) is 2.69. The van der Waals surface area contributed by atoms with Crippen molar-refractivity contribution in [1.82, 2.24) is 15.0 Å². The Morgan fingerprint density at radius 3 is 2.86 bits per heavy atom. The number of nitrogens with zero attached hydrogens (tertiary/aromatic N) is 3. The normalized spacial score (nSPS) is 10.4. The smallest absolute Gasteiger partial charge is 0.224 e. The monoisotopic (exact) mass is 224 g/mol. The maximum atomic E-state index is 5.57. The molecule has 72 valence electrons. The Bertz CT molecular complexity index is 427. The summed E-state index contributed by atoms with van der Waals surface area (Å²) in [6, 6.07) is 1.96. The first-order valence-corrected chi connectivity index (χ1v) is 6.04. The van der Waals surface area contributed by atoms with Crippen molar-refractivity contribution in [3.8, 4) is 11.4 Å².